The highest BCUT2D eigenvalue weighted by molar-refractivity contribution is 5.43. The molecule has 32 heavy (non-hydrogen) atoms. The zero-order chi connectivity index (χ0) is 22.7. The first-order valence-electron chi connectivity index (χ1n) is 12.5. The highest BCUT2D eigenvalue weighted by Crippen LogP contribution is 2.34. The lowest BCUT2D eigenvalue weighted by Gasteiger charge is -2.25. The maximum Gasteiger partial charge on any atom is 0.139 e. The Morgan fingerprint density at radius 3 is 1.47 bits per heavy atom. The summed E-state index contributed by atoms with van der Waals surface area (Å²) in [4.78, 5) is 5.06. The molecule has 4 nitrogen and oxygen atoms in total. The zero-order valence-corrected chi connectivity index (χ0v) is 20.3. The molecule has 0 amide bonds. The van der Waals surface area contributed by atoms with Crippen LogP contribution in [0.4, 0.5) is 0 Å². The number of aromatic nitrogens is 3. The third-order valence-corrected chi connectivity index (χ3v) is 7.26. The van der Waals surface area contributed by atoms with Gasteiger partial charge in [-0.25, -0.2) is 4.98 Å². The molecule has 1 aliphatic carbocycles. The number of rotatable bonds is 4. The number of pyridine rings is 1. The van der Waals surface area contributed by atoms with E-state index in [-0.39, 0.29) is 0 Å². The van der Waals surface area contributed by atoms with E-state index in [9.17, 15) is 5.11 Å². The molecule has 1 unspecified atom stereocenters. The van der Waals surface area contributed by atoms with Gasteiger partial charge in [-0.15, -0.1) is 0 Å². The van der Waals surface area contributed by atoms with E-state index in [4.69, 9.17) is 4.98 Å². The van der Waals surface area contributed by atoms with Crippen LogP contribution in [0.15, 0.2) is 36.4 Å². The fourth-order valence-electron chi connectivity index (χ4n) is 5.41. The van der Waals surface area contributed by atoms with Crippen molar-refractivity contribution in [3.05, 3.63) is 64.7 Å². The molecular formula is C28H39N3O. The maximum atomic E-state index is 11.6. The first-order valence-corrected chi connectivity index (χ1v) is 12.5. The van der Waals surface area contributed by atoms with E-state index in [0.29, 0.717) is 5.92 Å². The van der Waals surface area contributed by atoms with E-state index in [1.165, 1.54) is 44.9 Å². The number of nitrogens with zero attached hydrogens (tertiary/aromatic N) is 3. The lowest BCUT2D eigenvalue weighted by atomic mass is 9.85. The van der Waals surface area contributed by atoms with Crippen LogP contribution >= 0.6 is 0 Å². The van der Waals surface area contributed by atoms with Gasteiger partial charge in [-0.2, -0.15) is 0 Å². The third-order valence-electron chi connectivity index (χ3n) is 7.26. The zero-order valence-electron chi connectivity index (χ0n) is 20.3. The van der Waals surface area contributed by atoms with Gasteiger partial charge >= 0.3 is 0 Å². The summed E-state index contributed by atoms with van der Waals surface area (Å²) in [6.45, 7) is 8.46. The molecule has 0 aromatic carbocycles. The van der Waals surface area contributed by atoms with E-state index >= 15 is 0 Å². The molecular weight excluding hydrogens is 394 g/mol. The fourth-order valence-corrected chi connectivity index (χ4v) is 5.41. The number of aliphatic hydroxyl groups excluding tert-OH is 1. The van der Waals surface area contributed by atoms with Gasteiger partial charge in [0.15, 0.2) is 0 Å². The predicted octanol–water partition coefficient (Wildman–Crippen LogP) is 7.07. The van der Waals surface area contributed by atoms with Crippen LogP contribution in [0.2, 0.25) is 0 Å². The minimum Gasteiger partial charge on any atom is -0.388 e. The van der Waals surface area contributed by atoms with Crippen molar-refractivity contribution in [1.82, 2.24) is 14.1 Å². The SMILES string of the molecule is Cc1ccc(C)n1-c1cc(C(O)C2CCCCCCCCC2)cc(-n2c(C)ccc2C)n1. The summed E-state index contributed by atoms with van der Waals surface area (Å²) in [5.41, 5.74) is 5.63. The van der Waals surface area contributed by atoms with Crippen LogP contribution in [0, 0.1) is 33.6 Å². The molecule has 172 valence electrons. The Labute approximate surface area is 193 Å². The Kier molecular flexibility index (Phi) is 7.20. The highest BCUT2D eigenvalue weighted by atomic mass is 16.3. The monoisotopic (exact) mass is 433 g/mol. The molecule has 0 aliphatic heterocycles. The van der Waals surface area contributed by atoms with Gasteiger partial charge in [-0.05, 0) is 88.4 Å². The molecule has 3 heterocycles. The topological polar surface area (TPSA) is 43.0 Å². The van der Waals surface area contributed by atoms with E-state index in [1.54, 1.807) is 0 Å². The van der Waals surface area contributed by atoms with Crippen molar-refractivity contribution < 1.29 is 5.11 Å². The van der Waals surface area contributed by atoms with E-state index in [2.05, 4.69) is 73.2 Å². The number of aryl methyl sites for hydroxylation is 4. The standard InChI is InChI=1S/C28H39N3O/c1-20-14-15-21(2)30(20)26-18-25(19-27(29-26)31-22(3)16-17-23(31)4)28(32)24-12-10-8-6-5-7-9-11-13-24/h14-19,24,28,32H,5-13H2,1-4H3. The summed E-state index contributed by atoms with van der Waals surface area (Å²) in [6, 6.07) is 12.8. The van der Waals surface area contributed by atoms with E-state index in [0.717, 1.165) is 52.8 Å². The second-order valence-electron chi connectivity index (χ2n) is 9.78. The van der Waals surface area contributed by atoms with Crippen LogP contribution in [0.5, 0.6) is 0 Å². The summed E-state index contributed by atoms with van der Waals surface area (Å²) < 4.78 is 4.39. The maximum absolute atomic E-state index is 11.6. The van der Waals surface area contributed by atoms with Gasteiger partial charge in [0.25, 0.3) is 0 Å². The van der Waals surface area contributed by atoms with Gasteiger partial charge in [0.05, 0.1) is 6.10 Å². The fraction of sp³-hybridized carbons (Fsp3) is 0.536. The summed E-state index contributed by atoms with van der Waals surface area (Å²) in [6.07, 6.45) is 10.8. The molecule has 4 rings (SSSR count). The molecule has 0 bridgehead atoms. The number of aliphatic hydroxyl groups is 1. The Balaban J connectivity index is 1.76. The Morgan fingerprint density at radius 1 is 0.688 bits per heavy atom. The van der Waals surface area contributed by atoms with Crippen molar-refractivity contribution >= 4 is 0 Å². The average Bonchev–Trinajstić information content (AvgIpc) is 3.30. The van der Waals surface area contributed by atoms with Gasteiger partial charge in [0.2, 0.25) is 0 Å². The van der Waals surface area contributed by atoms with E-state index in [1.807, 2.05) is 0 Å². The predicted molar refractivity (Wildman–Crippen MR) is 132 cm³/mol. The molecule has 1 atom stereocenters. The normalized spacial score (nSPS) is 17.4. The average molecular weight is 434 g/mol. The second-order valence-corrected chi connectivity index (χ2v) is 9.78. The molecule has 0 radical (unpaired) electrons. The molecule has 0 spiro atoms. The van der Waals surface area contributed by atoms with Crippen LogP contribution in [0.1, 0.15) is 92.2 Å². The van der Waals surface area contributed by atoms with Crippen LogP contribution in [0.3, 0.4) is 0 Å². The molecule has 3 aromatic rings. The highest BCUT2D eigenvalue weighted by Gasteiger charge is 2.23. The van der Waals surface area contributed by atoms with Crippen LogP contribution in [0.25, 0.3) is 11.6 Å². The molecule has 0 saturated heterocycles. The van der Waals surface area contributed by atoms with Crippen LogP contribution < -0.4 is 0 Å². The van der Waals surface area contributed by atoms with Crippen molar-refractivity contribution in [1.29, 1.82) is 0 Å². The van der Waals surface area contributed by atoms with Gasteiger partial charge in [-0.1, -0.05) is 44.9 Å². The minimum atomic E-state index is -0.456. The summed E-state index contributed by atoms with van der Waals surface area (Å²) in [7, 11) is 0. The van der Waals surface area contributed by atoms with Gasteiger partial charge < -0.3 is 14.2 Å². The van der Waals surface area contributed by atoms with Crippen molar-refractivity contribution in [2.75, 3.05) is 0 Å². The summed E-state index contributed by atoms with van der Waals surface area (Å²) in [5.74, 6) is 2.10. The van der Waals surface area contributed by atoms with Gasteiger partial charge in [-0.3, -0.25) is 0 Å². The van der Waals surface area contributed by atoms with E-state index < -0.39 is 6.10 Å². The lowest BCUT2D eigenvalue weighted by Crippen LogP contribution is -2.16. The summed E-state index contributed by atoms with van der Waals surface area (Å²) >= 11 is 0. The third kappa shape index (κ3) is 4.85. The van der Waals surface area contributed by atoms with Crippen LogP contribution in [-0.4, -0.2) is 19.2 Å². The first kappa shape index (κ1) is 22.8. The molecule has 1 fully saturated rings. The molecule has 1 N–H and O–H groups in total. The van der Waals surface area contributed by atoms with Crippen molar-refractivity contribution in [2.45, 2.75) is 91.6 Å². The van der Waals surface area contributed by atoms with Crippen LogP contribution in [-0.2, 0) is 0 Å². The van der Waals surface area contributed by atoms with Gasteiger partial charge in [0.1, 0.15) is 11.6 Å². The molecule has 4 heteroatoms. The molecule has 1 aliphatic rings. The minimum absolute atomic E-state index is 0.315. The van der Waals surface area contributed by atoms with Crippen molar-refractivity contribution in [3.63, 3.8) is 0 Å². The number of hydrogen-bond acceptors (Lipinski definition) is 2. The Hall–Kier alpha value is -2.33. The molecule has 1 saturated carbocycles. The van der Waals surface area contributed by atoms with Crippen molar-refractivity contribution in [3.8, 4) is 11.6 Å². The Bertz CT molecular complexity index is 932. The summed E-state index contributed by atoms with van der Waals surface area (Å²) in [5, 5.41) is 11.6. The molecule has 3 aromatic heterocycles. The smallest absolute Gasteiger partial charge is 0.139 e. The first-order chi connectivity index (χ1) is 15.5. The second kappa shape index (κ2) is 10.1. The van der Waals surface area contributed by atoms with Crippen molar-refractivity contribution in [2.24, 2.45) is 5.92 Å². The number of hydrogen-bond donors (Lipinski definition) is 1. The Morgan fingerprint density at radius 2 is 1.06 bits per heavy atom. The quantitative estimate of drug-likeness (QED) is 0.478. The van der Waals surface area contributed by atoms with Gasteiger partial charge in [0, 0.05) is 22.8 Å². The lowest BCUT2D eigenvalue weighted by molar-refractivity contribution is 0.0930. The largest absolute Gasteiger partial charge is 0.388 e.